The number of morpholine rings is 1. The molecule has 0 unspecified atom stereocenters. The number of guanidine groups is 1. The van der Waals surface area contributed by atoms with Gasteiger partial charge in [0.25, 0.3) is 10.0 Å². The Morgan fingerprint density at radius 2 is 1.97 bits per heavy atom. The van der Waals surface area contributed by atoms with Crippen LogP contribution in [0.4, 0.5) is 0 Å². The summed E-state index contributed by atoms with van der Waals surface area (Å²) < 4.78 is 32.7. The molecule has 30 heavy (non-hydrogen) atoms. The molecule has 0 radical (unpaired) electrons. The lowest BCUT2D eigenvalue weighted by molar-refractivity contribution is 0.0731. The van der Waals surface area contributed by atoms with E-state index < -0.39 is 10.0 Å². The largest absolute Gasteiger partial charge is 0.379 e. The maximum atomic E-state index is 12.8. The maximum absolute atomic E-state index is 12.8. The van der Waals surface area contributed by atoms with Crippen molar-refractivity contribution in [3.05, 3.63) is 17.0 Å². The van der Waals surface area contributed by atoms with Crippen molar-refractivity contribution in [2.24, 2.45) is 16.3 Å². The number of rotatable bonds is 8. The first kappa shape index (κ1) is 25.8. The fourth-order valence-electron chi connectivity index (χ4n) is 4.16. The molecule has 1 aromatic rings. The van der Waals surface area contributed by atoms with Gasteiger partial charge in [0.2, 0.25) is 0 Å². The highest BCUT2D eigenvalue weighted by Gasteiger charge is 2.37. The molecule has 0 atom stereocenters. The van der Waals surface area contributed by atoms with E-state index in [1.54, 1.807) is 13.1 Å². The molecule has 2 heterocycles. The molecule has 1 saturated carbocycles. The molecule has 10 heteroatoms. The highest BCUT2D eigenvalue weighted by atomic mass is 127. The van der Waals surface area contributed by atoms with Crippen LogP contribution in [0.1, 0.15) is 44.4 Å². The maximum Gasteiger partial charge on any atom is 0.252 e. The van der Waals surface area contributed by atoms with E-state index in [0.717, 1.165) is 17.4 Å². The van der Waals surface area contributed by atoms with E-state index in [2.05, 4.69) is 29.5 Å². The van der Waals surface area contributed by atoms with Crippen molar-refractivity contribution in [1.82, 2.24) is 14.9 Å². The molecule has 1 aromatic heterocycles. The summed E-state index contributed by atoms with van der Waals surface area (Å²) in [5.74, 6) is 1.47. The number of ether oxygens (including phenoxy) is 1. The van der Waals surface area contributed by atoms with Gasteiger partial charge in [-0.2, -0.15) is 4.31 Å². The van der Waals surface area contributed by atoms with Crippen LogP contribution in [-0.4, -0.2) is 58.6 Å². The molecule has 2 aliphatic rings. The van der Waals surface area contributed by atoms with Gasteiger partial charge in [0.15, 0.2) is 5.96 Å². The highest BCUT2D eigenvalue weighted by Crippen LogP contribution is 2.45. The molecule has 0 aromatic carbocycles. The summed E-state index contributed by atoms with van der Waals surface area (Å²) in [6, 6.07) is 3.58. The first-order chi connectivity index (χ1) is 13.8. The lowest BCUT2D eigenvalue weighted by Gasteiger charge is -2.43. The minimum atomic E-state index is -3.42. The third-order valence-corrected chi connectivity index (χ3v) is 9.19. The zero-order chi connectivity index (χ0) is 20.9. The number of aliphatic imine (C=N–C) groups is 1. The normalized spacial score (nSPS) is 19.8. The van der Waals surface area contributed by atoms with Crippen molar-refractivity contribution in [3.63, 3.8) is 0 Å². The van der Waals surface area contributed by atoms with Crippen molar-refractivity contribution in [2.45, 2.75) is 50.3 Å². The Morgan fingerprint density at radius 3 is 2.53 bits per heavy atom. The monoisotopic (exact) mass is 570 g/mol. The number of thiophene rings is 1. The van der Waals surface area contributed by atoms with Crippen molar-refractivity contribution in [1.29, 1.82) is 0 Å². The van der Waals surface area contributed by atoms with Gasteiger partial charge < -0.3 is 15.4 Å². The molecule has 1 aliphatic heterocycles. The molecule has 172 valence electrons. The van der Waals surface area contributed by atoms with E-state index in [1.165, 1.54) is 41.3 Å². The van der Waals surface area contributed by atoms with Gasteiger partial charge in [0, 0.05) is 31.6 Å². The highest BCUT2D eigenvalue weighted by molar-refractivity contribution is 14.0. The smallest absolute Gasteiger partial charge is 0.252 e. The van der Waals surface area contributed by atoms with Crippen LogP contribution in [-0.2, 0) is 21.3 Å². The van der Waals surface area contributed by atoms with Crippen LogP contribution in [0.5, 0.6) is 0 Å². The first-order valence-electron chi connectivity index (χ1n) is 10.5. The second-order valence-corrected chi connectivity index (χ2v) is 11.8. The van der Waals surface area contributed by atoms with Crippen LogP contribution < -0.4 is 10.6 Å². The van der Waals surface area contributed by atoms with E-state index >= 15 is 0 Å². The Labute approximate surface area is 202 Å². The number of nitrogens with one attached hydrogen (secondary N) is 2. The summed E-state index contributed by atoms with van der Waals surface area (Å²) in [6.07, 6.45) is 5.12. The van der Waals surface area contributed by atoms with E-state index in [1.807, 2.05) is 6.07 Å². The zero-order valence-electron chi connectivity index (χ0n) is 18.1. The third-order valence-electron chi connectivity index (χ3n) is 5.74. The van der Waals surface area contributed by atoms with Gasteiger partial charge in [0.05, 0.1) is 19.8 Å². The Kier molecular flexibility index (Phi) is 9.85. The standard InChI is InChI=1S/C20H34N4O3S2.HI/c1-16(2)13-20(7-4-8-20)15-23-19(21-3)22-14-17-5-6-18(28-17)29(25,26)24-9-11-27-12-10-24;/h5-6,16H,4,7-15H2,1-3H3,(H2,21,22,23);1H. The summed E-state index contributed by atoms with van der Waals surface area (Å²) in [5.41, 5.74) is 0.397. The van der Waals surface area contributed by atoms with Crippen LogP contribution in [0.25, 0.3) is 0 Å². The SMILES string of the molecule is CN=C(NCc1ccc(S(=O)(=O)N2CCOCC2)s1)NCC1(CC(C)C)CCC1.I. The second-order valence-electron chi connectivity index (χ2n) is 8.47. The summed E-state index contributed by atoms with van der Waals surface area (Å²) in [4.78, 5) is 5.30. The van der Waals surface area contributed by atoms with Crippen LogP contribution in [0.3, 0.4) is 0 Å². The van der Waals surface area contributed by atoms with E-state index in [0.29, 0.717) is 48.4 Å². The van der Waals surface area contributed by atoms with Gasteiger partial charge in [-0.15, -0.1) is 35.3 Å². The van der Waals surface area contributed by atoms with Crippen molar-refractivity contribution < 1.29 is 13.2 Å². The number of halogens is 1. The number of nitrogens with zero attached hydrogens (tertiary/aromatic N) is 2. The minimum absolute atomic E-state index is 0. The Bertz CT molecular complexity index is 801. The molecule has 3 rings (SSSR count). The fourth-order valence-corrected chi connectivity index (χ4v) is 7.02. The number of sulfonamides is 1. The zero-order valence-corrected chi connectivity index (χ0v) is 22.1. The molecule has 2 fully saturated rings. The Morgan fingerprint density at radius 1 is 1.27 bits per heavy atom. The summed E-state index contributed by atoms with van der Waals surface area (Å²) in [7, 11) is -1.65. The van der Waals surface area contributed by atoms with Crippen LogP contribution >= 0.6 is 35.3 Å². The Hall–Kier alpha value is -0.430. The first-order valence-corrected chi connectivity index (χ1v) is 12.7. The number of hydrogen-bond donors (Lipinski definition) is 2. The second kappa shape index (κ2) is 11.4. The lowest BCUT2D eigenvalue weighted by Crippen LogP contribution is -2.46. The van der Waals surface area contributed by atoms with Gasteiger partial charge in [-0.05, 0) is 42.7 Å². The Balaban J connectivity index is 0.00000320. The summed E-state index contributed by atoms with van der Waals surface area (Å²) in [5, 5.41) is 6.80. The van der Waals surface area contributed by atoms with E-state index in [9.17, 15) is 8.42 Å². The molecule has 0 amide bonds. The number of hydrogen-bond acceptors (Lipinski definition) is 5. The lowest BCUT2D eigenvalue weighted by atomic mass is 9.64. The average Bonchev–Trinajstić information content (AvgIpc) is 3.16. The third kappa shape index (κ3) is 6.54. The molecule has 1 saturated heterocycles. The molecule has 7 nitrogen and oxygen atoms in total. The molecule has 1 aliphatic carbocycles. The molecule has 0 spiro atoms. The topological polar surface area (TPSA) is 83.0 Å². The van der Waals surface area contributed by atoms with Gasteiger partial charge in [-0.3, -0.25) is 4.99 Å². The minimum Gasteiger partial charge on any atom is -0.379 e. The van der Waals surface area contributed by atoms with Gasteiger partial charge in [-0.25, -0.2) is 8.42 Å². The average molecular weight is 571 g/mol. The van der Waals surface area contributed by atoms with Gasteiger partial charge in [0.1, 0.15) is 4.21 Å². The van der Waals surface area contributed by atoms with E-state index in [4.69, 9.17) is 4.74 Å². The van der Waals surface area contributed by atoms with Crippen LogP contribution in [0.2, 0.25) is 0 Å². The van der Waals surface area contributed by atoms with Crippen molar-refractivity contribution in [2.75, 3.05) is 39.9 Å². The fraction of sp³-hybridized carbons (Fsp3) is 0.750. The molecule has 2 N–H and O–H groups in total. The predicted octanol–water partition coefficient (Wildman–Crippen LogP) is 3.27. The van der Waals surface area contributed by atoms with Gasteiger partial charge in [-0.1, -0.05) is 20.3 Å². The summed E-state index contributed by atoms with van der Waals surface area (Å²) in [6.45, 7) is 7.81. The van der Waals surface area contributed by atoms with Crippen LogP contribution in [0.15, 0.2) is 21.3 Å². The van der Waals surface area contributed by atoms with Crippen LogP contribution in [0, 0.1) is 11.3 Å². The molecular weight excluding hydrogens is 535 g/mol. The summed E-state index contributed by atoms with van der Waals surface area (Å²) >= 11 is 1.32. The molecule has 0 bridgehead atoms. The van der Waals surface area contributed by atoms with Crippen molar-refractivity contribution >= 4 is 51.3 Å². The predicted molar refractivity (Wildman–Crippen MR) is 133 cm³/mol. The molecular formula is C20H35IN4O3S2. The van der Waals surface area contributed by atoms with Gasteiger partial charge >= 0.3 is 0 Å². The van der Waals surface area contributed by atoms with E-state index in [-0.39, 0.29) is 24.0 Å². The quantitative estimate of drug-likeness (QED) is 0.285. The van der Waals surface area contributed by atoms with Crippen molar-refractivity contribution in [3.8, 4) is 0 Å².